The number of nitrogens with one attached hydrogen (secondary N) is 2. The molecule has 2 N–H and O–H groups in total. The largest absolute Gasteiger partial charge is 0.370 e. The minimum Gasteiger partial charge on any atom is -0.370 e. The normalized spacial score (nSPS) is 16.3. The van der Waals surface area contributed by atoms with Gasteiger partial charge in [0.25, 0.3) is 0 Å². The van der Waals surface area contributed by atoms with Gasteiger partial charge in [-0.3, -0.25) is 4.79 Å². The van der Waals surface area contributed by atoms with Crippen LogP contribution >= 0.6 is 0 Å². The molecule has 4 rings (SSSR count). The fourth-order valence-electron chi connectivity index (χ4n) is 3.55. The van der Waals surface area contributed by atoms with Crippen LogP contribution in [-0.2, 0) is 16.0 Å². The van der Waals surface area contributed by atoms with Crippen molar-refractivity contribution in [1.82, 2.24) is 10.5 Å². The van der Waals surface area contributed by atoms with Gasteiger partial charge in [-0.05, 0) is 17.7 Å². The average molecular weight is 366 g/mol. The average Bonchev–Trinajstić information content (AvgIpc) is 3.12. The lowest BCUT2D eigenvalue weighted by Gasteiger charge is -2.28. The molecule has 1 fully saturated rings. The Morgan fingerprint density at radius 1 is 1.07 bits per heavy atom. The third-order valence-corrected chi connectivity index (χ3v) is 5.01. The summed E-state index contributed by atoms with van der Waals surface area (Å²) in [5.41, 5.74) is 2.50. The van der Waals surface area contributed by atoms with Gasteiger partial charge in [0.15, 0.2) is 5.58 Å². The van der Waals surface area contributed by atoms with Crippen molar-refractivity contribution in [3.63, 3.8) is 0 Å². The van der Waals surface area contributed by atoms with Gasteiger partial charge >= 0.3 is 0 Å². The van der Waals surface area contributed by atoms with Gasteiger partial charge in [-0.2, -0.15) is 0 Å². The Bertz CT molecular complexity index is 888. The number of hydrogen-bond acceptors (Lipinski definition) is 4. The van der Waals surface area contributed by atoms with Gasteiger partial charge in [-0.15, -0.1) is 0 Å². The van der Waals surface area contributed by atoms with Crippen molar-refractivity contribution in [2.24, 2.45) is 0 Å². The molecule has 0 aliphatic carbocycles. The molecule has 3 aromatic rings. The predicted octanol–water partition coefficient (Wildman–Crippen LogP) is 1.14. The molecule has 2 aromatic carbocycles. The third kappa shape index (κ3) is 4.35. The number of rotatable bonds is 6. The van der Waals surface area contributed by atoms with Crippen LogP contribution in [0.4, 0.5) is 0 Å². The Morgan fingerprint density at radius 3 is 2.63 bits per heavy atom. The van der Waals surface area contributed by atoms with E-state index in [0.717, 1.165) is 43.8 Å². The lowest BCUT2D eigenvalue weighted by atomic mass is 10.1. The molecule has 0 bridgehead atoms. The van der Waals surface area contributed by atoms with Crippen LogP contribution in [0.2, 0.25) is 0 Å². The monoisotopic (exact) mass is 366 g/mol. The van der Waals surface area contributed by atoms with E-state index in [2.05, 4.69) is 22.6 Å². The maximum absolute atomic E-state index is 12.8. The molecule has 2 heterocycles. The Labute approximate surface area is 158 Å². The number of nitrogens with zero attached hydrogens (tertiary/aromatic N) is 1. The number of para-hydroxylation sites is 1. The molecule has 1 saturated heterocycles. The summed E-state index contributed by atoms with van der Waals surface area (Å²) in [6.07, 6.45) is 0.207. The number of carbonyl (C=O) groups excluding carboxylic acids is 1. The van der Waals surface area contributed by atoms with E-state index in [1.54, 1.807) is 0 Å². The second kappa shape index (κ2) is 8.33. The summed E-state index contributed by atoms with van der Waals surface area (Å²) in [5.74, 6) is -0.0458. The smallest absolute Gasteiger partial charge is 0.226 e. The number of carbonyl (C=O) groups is 1. The first-order valence-electron chi connectivity index (χ1n) is 9.38. The van der Waals surface area contributed by atoms with Gasteiger partial charge in [-0.25, -0.2) is 0 Å². The molecule has 1 amide bonds. The molecule has 1 aromatic heterocycles. The first-order chi connectivity index (χ1) is 13.3. The first-order valence-corrected chi connectivity index (χ1v) is 9.38. The molecule has 0 saturated carbocycles. The lowest BCUT2D eigenvalue weighted by Crippen LogP contribution is -3.14. The highest BCUT2D eigenvalue weighted by molar-refractivity contribution is 5.86. The molecule has 6 nitrogen and oxygen atoms in total. The van der Waals surface area contributed by atoms with Crippen molar-refractivity contribution in [2.45, 2.75) is 12.5 Å². The molecule has 1 atom stereocenters. The standard InChI is InChI=1S/C21H23N3O3/c25-21(14-18-17-8-4-5-9-20(17)27-23-18)22-19(16-6-2-1-3-7-16)15-24-10-12-26-13-11-24/h1-9,19H,10-15H2,(H,22,25)/p+1/t19-/m1/s1. The Kier molecular flexibility index (Phi) is 5.46. The van der Waals surface area contributed by atoms with E-state index in [9.17, 15) is 4.79 Å². The quantitative estimate of drug-likeness (QED) is 0.687. The van der Waals surface area contributed by atoms with Gasteiger partial charge in [-0.1, -0.05) is 47.6 Å². The van der Waals surface area contributed by atoms with Crippen LogP contribution in [0, 0.1) is 0 Å². The molecule has 6 heteroatoms. The van der Waals surface area contributed by atoms with E-state index >= 15 is 0 Å². The Hall–Kier alpha value is -2.70. The number of quaternary nitrogens is 1. The summed E-state index contributed by atoms with van der Waals surface area (Å²) < 4.78 is 10.8. The number of fused-ring (bicyclic) bond motifs is 1. The first kappa shape index (κ1) is 17.7. The summed E-state index contributed by atoms with van der Waals surface area (Å²) >= 11 is 0. The van der Waals surface area contributed by atoms with Crippen LogP contribution in [0.25, 0.3) is 11.0 Å². The van der Waals surface area contributed by atoms with E-state index in [1.807, 2.05) is 42.5 Å². The molecular formula is C21H24N3O3+. The molecule has 27 heavy (non-hydrogen) atoms. The second-order valence-electron chi connectivity index (χ2n) is 6.90. The maximum Gasteiger partial charge on any atom is 0.226 e. The van der Waals surface area contributed by atoms with Gasteiger partial charge < -0.3 is 19.5 Å². The van der Waals surface area contributed by atoms with Crippen molar-refractivity contribution >= 4 is 16.9 Å². The van der Waals surface area contributed by atoms with E-state index in [4.69, 9.17) is 9.26 Å². The number of morpholine rings is 1. The van der Waals surface area contributed by atoms with Crippen LogP contribution in [-0.4, -0.2) is 43.9 Å². The Balaban J connectivity index is 1.47. The highest BCUT2D eigenvalue weighted by atomic mass is 16.5. The minimum atomic E-state index is -0.0458. The molecule has 0 radical (unpaired) electrons. The second-order valence-corrected chi connectivity index (χ2v) is 6.90. The zero-order valence-electron chi connectivity index (χ0n) is 15.2. The van der Waals surface area contributed by atoms with Crippen molar-refractivity contribution in [1.29, 1.82) is 0 Å². The minimum absolute atomic E-state index is 0.0371. The predicted molar refractivity (Wildman–Crippen MR) is 101 cm³/mol. The molecule has 0 unspecified atom stereocenters. The number of benzene rings is 2. The lowest BCUT2D eigenvalue weighted by molar-refractivity contribution is -0.909. The summed E-state index contributed by atoms with van der Waals surface area (Å²) in [6.45, 7) is 4.32. The summed E-state index contributed by atoms with van der Waals surface area (Å²) in [7, 11) is 0. The van der Waals surface area contributed by atoms with Crippen LogP contribution < -0.4 is 10.2 Å². The zero-order valence-corrected chi connectivity index (χ0v) is 15.2. The SMILES string of the molecule is O=C(Cc1noc2ccccc12)N[C@H](C[NH+]1CCOCC1)c1ccccc1. The summed E-state index contributed by atoms with van der Waals surface area (Å²) in [6, 6.07) is 17.7. The number of ether oxygens (including phenoxy) is 1. The van der Waals surface area contributed by atoms with Crippen LogP contribution in [0.15, 0.2) is 59.1 Å². The molecule has 1 aliphatic rings. The third-order valence-electron chi connectivity index (χ3n) is 5.01. The highest BCUT2D eigenvalue weighted by Gasteiger charge is 2.23. The van der Waals surface area contributed by atoms with Gasteiger partial charge in [0.1, 0.15) is 31.4 Å². The van der Waals surface area contributed by atoms with Crippen molar-refractivity contribution in [3.05, 3.63) is 65.9 Å². The Morgan fingerprint density at radius 2 is 1.81 bits per heavy atom. The van der Waals surface area contributed by atoms with Gasteiger partial charge in [0.05, 0.1) is 19.6 Å². The fraction of sp³-hybridized carbons (Fsp3) is 0.333. The van der Waals surface area contributed by atoms with E-state index in [0.29, 0.717) is 11.3 Å². The van der Waals surface area contributed by atoms with Gasteiger partial charge in [0.2, 0.25) is 5.91 Å². The van der Waals surface area contributed by atoms with Crippen LogP contribution in [0.1, 0.15) is 17.3 Å². The van der Waals surface area contributed by atoms with E-state index in [1.165, 1.54) is 4.90 Å². The summed E-state index contributed by atoms with van der Waals surface area (Å²) in [4.78, 5) is 14.2. The maximum atomic E-state index is 12.8. The van der Waals surface area contributed by atoms with E-state index in [-0.39, 0.29) is 18.4 Å². The summed E-state index contributed by atoms with van der Waals surface area (Å²) in [5, 5.41) is 8.17. The number of hydrogen-bond donors (Lipinski definition) is 2. The van der Waals surface area contributed by atoms with Crippen molar-refractivity contribution in [3.8, 4) is 0 Å². The van der Waals surface area contributed by atoms with Gasteiger partial charge in [0, 0.05) is 5.39 Å². The van der Waals surface area contributed by atoms with E-state index < -0.39 is 0 Å². The fourth-order valence-corrected chi connectivity index (χ4v) is 3.55. The van der Waals surface area contributed by atoms with Crippen molar-refractivity contribution < 1.29 is 19.0 Å². The highest BCUT2D eigenvalue weighted by Crippen LogP contribution is 2.18. The molecule has 1 aliphatic heterocycles. The zero-order chi connectivity index (χ0) is 18.5. The number of aromatic nitrogens is 1. The molecular weight excluding hydrogens is 342 g/mol. The van der Waals surface area contributed by atoms with Crippen molar-refractivity contribution in [2.75, 3.05) is 32.8 Å². The van der Waals surface area contributed by atoms with Crippen LogP contribution in [0.3, 0.4) is 0 Å². The van der Waals surface area contributed by atoms with Crippen LogP contribution in [0.5, 0.6) is 0 Å². The molecule has 0 spiro atoms. The number of amides is 1. The topological polar surface area (TPSA) is 68.8 Å². The molecule has 140 valence electrons.